The molecule has 0 spiro atoms. The Bertz CT molecular complexity index is 458. The normalized spacial score (nSPS) is 11.6. The number of pyridine rings is 2. The monoisotopic (exact) mass is 215 g/mol. The van der Waals surface area contributed by atoms with E-state index in [2.05, 4.69) is 62.9 Å². The van der Waals surface area contributed by atoms with Gasteiger partial charge in [0.05, 0.1) is 0 Å². The van der Waals surface area contributed by atoms with Crippen LogP contribution in [-0.2, 0) is 0 Å². The van der Waals surface area contributed by atoms with E-state index < -0.39 is 0 Å². The van der Waals surface area contributed by atoms with Crippen LogP contribution >= 0.6 is 0 Å². The van der Waals surface area contributed by atoms with E-state index in [0.29, 0.717) is 12.0 Å². The summed E-state index contributed by atoms with van der Waals surface area (Å²) in [5, 5.41) is 1.21. The van der Waals surface area contributed by atoms with E-state index in [-0.39, 0.29) is 0 Å². The number of fused-ring (bicyclic) bond motifs is 1. The van der Waals surface area contributed by atoms with Crippen LogP contribution in [0.5, 0.6) is 0 Å². The first-order valence-electron chi connectivity index (χ1n) is 5.89. The van der Waals surface area contributed by atoms with Crippen molar-refractivity contribution in [3.8, 4) is 0 Å². The summed E-state index contributed by atoms with van der Waals surface area (Å²) in [5.74, 6) is 0.483. The smallest absolute Gasteiger partial charge is 0.195 e. The molecule has 0 radical (unpaired) electrons. The van der Waals surface area contributed by atoms with E-state index in [1.807, 2.05) is 0 Å². The van der Waals surface area contributed by atoms with Gasteiger partial charge in [-0.2, -0.15) is 0 Å². The highest BCUT2D eigenvalue weighted by molar-refractivity contribution is 5.76. The van der Waals surface area contributed by atoms with Gasteiger partial charge >= 0.3 is 0 Å². The number of hydrogen-bond acceptors (Lipinski definition) is 1. The Morgan fingerprint density at radius 2 is 1.81 bits per heavy atom. The van der Waals surface area contributed by atoms with Crippen molar-refractivity contribution >= 4 is 10.9 Å². The molecule has 0 saturated carbocycles. The van der Waals surface area contributed by atoms with Crippen LogP contribution in [0, 0.1) is 0 Å². The van der Waals surface area contributed by atoms with E-state index in [1.54, 1.807) is 0 Å². The van der Waals surface area contributed by atoms with Crippen molar-refractivity contribution in [3.63, 3.8) is 0 Å². The lowest BCUT2D eigenvalue weighted by Gasteiger charge is -2.06. The maximum atomic E-state index is 4.70. The molecule has 2 aromatic heterocycles. The molecule has 2 nitrogen and oxygen atoms in total. The number of rotatable bonds is 2. The van der Waals surface area contributed by atoms with Gasteiger partial charge in [-0.15, -0.1) is 0 Å². The third-order valence-electron chi connectivity index (χ3n) is 2.86. The molecule has 0 amide bonds. The van der Waals surface area contributed by atoms with Crippen molar-refractivity contribution in [2.45, 2.75) is 39.7 Å². The Labute approximate surface area is 97.0 Å². The Kier molecular flexibility index (Phi) is 2.90. The zero-order chi connectivity index (χ0) is 11.7. The number of aromatic nitrogens is 2. The largest absolute Gasteiger partial charge is 0.246 e. The fourth-order valence-corrected chi connectivity index (χ4v) is 1.74. The van der Waals surface area contributed by atoms with Gasteiger partial charge in [0, 0.05) is 17.1 Å². The van der Waals surface area contributed by atoms with Crippen molar-refractivity contribution in [2.75, 3.05) is 0 Å². The first-order chi connectivity index (χ1) is 7.58. The van der Waals surface area contributed by atoms with Crippen LogP contribution in [0.3, 0.4) is 0 Å². The molecule has 0 saturated heterocycles. The molecule has 0 fully saturated rings. The molecule has 16 heavy (non-hydrogen) atoms. The summed E-state index contributed by atoms with van der Waals surface area (Å²) in [6.07, 6.45) is 4.25. The fourth-order valence-electron chi connectivity index (χ4n) is 1.74. The van der Waals surface area contributed by atoms with E-state index in [1.165, 1.54) is 5.39 Å². The molecule has 84 valence electrons. The molecule has 2 aromatic rings. The summed E-state index contributed by atoms with van der Waals surface area (Å²) in [6, 6.07) is 6.88. The van der Waals surface area contributed by atoms with Gasteiger partial charge in [-0.1, -0.05) is 19.9 Å². The van der Waals surface area contributed by atoms with Crippen LogP contribution in [0.4, 0.5) is 0 Å². The second kappa shape index (κ2) is 4.20. The van der Waals surface area contributed by atoms with Gasteiger partial charge in [-0.3, -0.25) is 0 Å². The van der Waals surface area contributed by atoms with Gasteiger partial charge in [-0.05, 0) is 25.8 Å². The summed E-state index contributed by atoms with van der Waals surface area (Å²) >= 11 is 0. The molecule has 0 aliphatic rings. The summed E-state index contributed by atoms with van der Waals surface area (Å²) in [4.78, 5) is 4.70. The van der Waals surface area contributed by atoms with Gasteiger partial charge in [0.1, 0.15) is 5.52 Å². The third-order valence-corrected chi connectivity index (χ3v) is 2.86. The molecule has 2 heteroatoms. The van der Waals surface area contributed by atoms with Crippen LogP contribution in [0.1, 0.15) is 45.3 Å². The van der Waals surface area contributed by atoms with Crippen molar-refractivity contribution in [1.82, 2.24) is 4.98 Å². The van der Waals surface area contributed by atoms with Crippen LogP contribution < -0.4 is 4.57 Å². The van der Waals surface area contributed by atoms with Crippen molar-refractivity contribution in [3.05, 3.63) is 36.3 Å². The quantitative estimate of drug-likeness (QED) is 0.703. The molecule has 0 atom stereocenters. The first-order valence-corrected chi connectivity index (χ1v) is 5.89. The van der Waals surface area contributed by atoms with Gasteiger partial charge < -0.3 is 0 Å². The molecule has 2 rings (SSSR count). The van der Waals surface area contributed by atoms with E-state index in [0.717, 1.165) is 11.2 Å². The van der Waals surface area contributed by atoms with E-state index in [4.69, 9.17) is 4.98 Å². The molecule has 0 aromatic carbocycles. The highest BCUT2D eigenvalue weighted by Gasteiger charge is 2.09. The minimum Gasteiger partial charge on any atom is -0.246 e. The Hall–Kier alpha value is -1.44. The molecule has 0 N–H and O–H groups in total. The minimum atomic E-state index is 0.480. The number of nitrogens with zero attached hydrogens (tertiary/aromatic N) is 2. The summed E-state index contributed by atoms with van der Waals surface area (Å²) in [7, 11) is 0. The molecule has 0 aliphatic carbocycles. The van der Waals surface area contributed by atoms with Gasteiger partial charge in [0.15, 0.2) is 18.4 Å². The van der Waals surface area contributed by atoms with Crippen molar-refractivity contribution in [1.29, 1.82) is 0 Å². The lowest BCUT2D eigenvalue weighted by atomic mass is 10.1. The van der Waals surface area contributed by atoms with Crippen molar-refractivity contribution < 1.29 is 4.57 Å². The first kappa shape index (κ1) is 11.1. The highest BCUT2D eigenvalue weighted by atomic mass is 15.0. The second-order valence-electron chi connectivity index (χ2n) is 4.85. The van der Waals surface area contributed by atoms with E-state index in [9.17, 15) is 0 Å². The second-order valence-corrected chi connectivity index (χ2v) is 4.85. The Morgan fingerprint density at radius 1 is 1.06 bits per heavy atom. The van der Waals surface area contributed by atoms with Crippen LogP contribution in [0.15, 0.2) is 30.6 Å². The van der Waals surface area contributed by atoms with Gasteiger partial charge in [0.2, 0.25) is 0 Å². The summed E-state index contributed by atoms with van der Waals surface area (Å²) in [6.45, 7) is 8.71. The predicted molar refractivity (Wildman–Crippen MR) is 66.4 cm³/mol. The third kappa shape index (κ3) is 2.06. The molecule has 0 aliphatic heterocycles. The maximum absolute atomic E-state index is 4.70. The molecule has 2 heterocycles. The van der Waals surface area contributed by atoms with Crippen LogP contribution in [0.2, 0.25) is 0 Å². The van der Waals surface area contributed by atoms with E-state index >= 15 is 0 Å². The average molecular weight is 215 g/mol. The SMILES string of the molecule is CC(C)c1ccc2cc[n+](C(C)C)cc2n1. The summed E-state index contributed by atoms with van der Waals surface area (Å²) < 4.78 is 2.19. The van der Waals surface area contributed by atoms with Gasteiger partial charge in [0.25, 0.3) is 0 Å². The van der Waals surface area contributed by atoms with Crippen molar-refractivity contribution in [2.24, 2.45) is 0 Å². The molecule has 0 unspecified atom stereocenters. The van der Waals surface area contributed by atoms with Crippen LogP contribution in [0.25, 0.3) is 10.9 Å². The standard InChI is InChI=1S/C14H19N2/c1-10(2)13-6-5-12-7-8-16(11(3)4)9-14(12)15-13/h5-11H,1-4H3/q+1. The fraction of sp³-hybridized carbons (Fsp3) is 0.429. The zero-order valence-corrected chi connectivity index (χ0v) is 10.4. The summed E-state index contributed by atoms with van der Waals surface area (Å²) in [5.41, 5.74) is 2.25. The van der Waals surface area contributed by atoms with Gasteiger partial charge in [-0.25, -0.2) is 9.55 Å². The Morgan fingerprint density at radius 3 is 2.44 bits per heavy atom. The Balaban J connectivity index is 2.56. The zero-order valence-electron chi connectivity index (χ0n) is 10.4. The lowest BCUT2D eigenvalue weighted by molar-refractivity contribution is -0.715. The molecule has 0 bridgehead atoms. The topological polar surface area (TPSA) is 16.8 Å². The lowest BCUT2D eigenvalue weighted by Crippen LogP contribution is -2.35. The minimum absolute atomic E-state index is 0.480. The molecular weight excluding hydrogens is 196 g/mol. The number of hydrogen-bond donors (Lipinski definition) is 0. The maximum Gasteiger partial charge on any atom is 0.195 e. The average Bonchev–Trinajstić information content (AvgIpc) is 2.27. The predicted octanol–water partition coefficient (Wildman–Crippen LogP) is 3.23. The molecular formula is C14H19N2+. The van der Waals surface area contributed by atoms with Crippen LogP contribution in [-0.4, -0.2) is 4.98 Å². The highest BCUT2D eigenvalue weighted by Crippen LogP contribution is 2.16.